The van der Waals surface area contributed by atoms with E-state index in [1.807, 2.05) is 30.2 Å². The summed E-state index contributed by atoms with van der Waals surface area (Å²) in [6.45, 7) is 5.43. The zero-order valence-electron chi connectivity index (χ0n) is 19.3. The van der Waals surface area contributed by atoms with E-state index in [-0.39, 0.29) is 5.45 Å². The van der Waals surface area contributed by atoms with E-state index in [1.165, 1.54) is 6.07 Å². The lowest BCUT2D eigenvalue weighted by Gasteiger charge is -2.19. The van der Waals surface area contributed by atoms with Crippen LogP contribution in [0.5, 0.6) is 0 Å². The minimum Gasteiger partial charge on any atom is -0.294 e. The van der Waals surface area contributed by atoms with E-state index in [0.29, 0.717) is 32.9 Å². The molecule has 5 rings (SSSR count). The average molecular weight is 520 g/mol. The number of H-pyrrole nitrogens is 1. The Morgan fingerprint density at radius 1 is 0.806 bits per heavy atom. The Hall–Kier alpha value is -3.67. The summed E-state index contributed by atoms with van der Waals surface area (Å²) in [6, 6.07) is 14.2. The smallest absolute Gasteiger partial charge is 0.294 e. The number of fused-ring (bicyclic) bond motifs is 3. The van der Waals surface area contributed by atoms with E-state index in [2.05, 4.69) is 10.1 Å². The molecule has 0 amide bonds. The number of benzene rings is 2. The standard InChI is InChI=1S/C24H19F6N5Si/c1-13-7-9-17-15(11-13)16-12-14(23(25,26)27)8-10-18(16)35(17)19-5-4-6-20(31-19)36(2,3)22-32-21(33-34-22)24(28,29)30/h4-12H,1-3H3,(H,32,33,34). The number of hydrogen-bond donors (Lipinski definition) is 1. The largest absolute Gasteiger partial charge is 0.451 e. The predicted molar refractivity (Wildman–Crippen MR) is 126 cm³/mol. The van der Waals surface area contributed by atoms with E-state index in [9.17, 15) is 26.3 Å². The summed E-state index contributed by atoms with van der Waals surface area (Å²) in [5.41, 5.74) is 1.38. The summed E-state index contributed by atoms with van der Waals surface area (Å²) in [6.07, 6.45) is -9.15. The van der Waals surface area contributed by atoms with Crippen molar-refractivity contribution in [1.29, 1.82) is 0 Å². The van der Waals surface area contributed by atoms with E-state index < -0.39 is 31.8 Å². The number of aromatic nitrogens is 5. The molecule has 186 valence electrons. The highest BCUT2D eigenvalue weighted by Gasteiger charge is 2.39. The molecule has 3 heterocycles. The third-order valence-electron chi connectivity index (χ3n) is 6.16. The first-order chi connectivity index (χ1) is 16.8. The molecular weight excluding hydrogens is 500 g/mol. The summed E-state index contributed by atoms with van der Waals surface area (Å²) >= 11 is 0. The molecule has 0 atom stereocenters. The molecule has 5 nitrogen and oxygen atoms in total. The van der Waals surface area contributed by atoms with Gasteiger partial charge in [0.2, 0.25) is 5.82 Å². The van der Waals surface area contributed by atoms with Gasteiger partial charge in [-0.1, -0.05) is 30.8 Å². The average Bonchev–Trinajstić information content (AvgIpc) is 3.42. The molecule has 0 saturated carbocycles. The van der Waals surface area contributed by atoms with Gasteiger partial charge in [-0.25, -0.2) is 9.97 Å². The lowest BCUT2D eigenvalue weighted by atomic mass is 10.1. The molecule has 0 saturated heterocycles. The Balaban J connectivity index is 1.70. The van der Waals surface area contributed by atoms with Gasteiger partial charge in [0.25, 0.3) is 0 Å². The topological polar surface area (TPSA) is 59.4 Å². The fraction of sp³-hybridized carbons (Fsp3) is 0.208. The molecular formula is C24H19F6N5Si. The molecule has 0 fully saturated rings. The van der Waals surface area contributed by atoms with Gasteiger partial charge in [-0.3, -0.25) is 9.67 Å². The van der Waals surface area contributed by atoms with Crippen molar-refractivity contribution >= 4 is 40.6 Å². The van der Waals surface area contributed by atoms with Gasteiger partial charge in [0.1, 0.15) is 11.3 Å². The first-order valence-electron chi connectivity index (χ1n) is 10.9. The van der Waals surface area contributed by atoms with Crippen LogP contribution in [0.15, 0.2) is 54.6 Å². The van der Waals surface area contributed by atoms with Gasteiger partial charge in [-0.05, 0) is 49.4 Å². The van der Waals surface area contributed by atoms with Crippen molar-refractivity contribution in [2.24, 2.45) is 0 Å². The van der Waals surface area contributed by atoms with Crippen LogP contribution in [0, 0.1) is 6.92 Å². The maximum atomic E-state index is 13.4. The molecule has 2 aromatic carbocycles. The third-order valence-corrected chi connectivity index (χ3v) is 9.07. The normalized spacial score (nSPS) is 13.1. The van der Waals surface area contributed by atoms with Gasteiger partial charge < -0.3 is 0 Å². The highest BCUT2D eigenvalue weighted by Crippen LogP contribution is 2.37. The lowest BCUT2D eigenvalue weighted by Crippen LogP contribution is -2.56. The Bertz CT molecular complexity index is 1610. The SMILES string of the molecule is Cc1ccc2c(c1)c1cc(C(F)(F)F)ccc1n2-c1cccc([Si](C)(C)c2n[nH]c(C(F)(F)F)n2)n1. The summed E-state index contributed by atoms with van der Waals surface area (Å²) in [5.74, 6) is -0.740. The summed E-state index contributed by atoms with van der Waals surface area (Å²) in [7, 11) is -2.86. The molecule has 0 bridgehead atoms. The fourth-order valence-electron chi connectivity index (χ4n) is 4.24. The van der Waals surface area contributed by atoms with Crippen molar-refractivity contribution in [1.82, 2.24) is 24.7 Å². The summed E-state index contributed by atoms with van der Waals surface area (Å²) in [4.78, 5) is 8.44. The molecule has 0 spiro atoms. The van der Waals surface area contributed by atoms with E-state index in [4.69, 9.17) is 4.98 Å². The number of alkyl halides is 6. The quantitative estimate of drug-likeness (QED) is 0.254. The van der Waals surface area contributed by atoms with Crippen LogP contribution in [-0.4, -0.2) is 32.8 Å². The monoisotopic (exact) mass is 519 g/mol. The van der Waals surface area contributed by atoms with Gasteiger partial charge in [-0.2, -0.15) is 31.4 Å². The fourth-order valence-corrected chi connectivity index (χ4v) is 6.10. The van der Waals surface area contributed by atoms with Crippen LogP contribution in [-0.2, 0) is 12.4 Å². The number of hydrogen-bond acceptors (Lipinski definition) is 3. The van der Waals surface area contributed by atoms with Crippen molar-refractivity contribution in [2.75, 3.05) is 0 Å². The van der Waals surface area contributed by atoms with Crippen LogP contribution in [0.25, 0.3) is 27.6 Å². The van der Waals surface area contributed by atoms with Gasteiger partial charge in [0.15, 0.2) is 8.07 Å². The van der Waals surface area contributed by atoms with E-state index in [0.717, 1.165) is 17.7 Å². The van der Waals surface area contributed by atoms with Crippen LogP contribution < -0.4 is 10.8 Å². The predicted octanol–water partition coefficient (Wildman–Crippen LogP) is 5.47. The van der Waals surface area contributed by atoms with Crippen LogP contribution in [0.3, 0.4) is 0 Å². The molecule has 5 aromatic rings. The van der Waals surface area contributed by atoms with Crippen molar-refractivity contribution in [2.45, 2.75) is 32.4 Å². The number of halogens is 6. The second-order valence-corrected chi connectivity index (χ2v) is 13.3. The van der Waals surface area contributed by atoms with Crippen molar-refractivity contribution in [3.63, 3.8) is 0 Å². The van der Waals surface area contributed by atoms with Crippen LogP contribution in [0.1, 0.15) is 17.0 Å². The maximum Gasteiger partial charge on any atom is 0.451 e. The van der Waals surface area contributed by atoms with Gasteiger partial charge in [-0.15, -0.1) is 0 Å². The van der Waals surface area contributed by atoms with Gasteiger partial charge in [0.05, 0.1) is 16.6 Å². The molecule has 3 aromatic heterocycles. The number of rotatable bonds is 3. The highest BCUT2D eigenvalue weighted by molar-refractivity contribution is 6.98. The first kappa shape index (κ1) is 24.0. The number of nitrogens with one attached hydrogen (secondary N) is 1. The Labute approximate surface area is 201 Å². The minimum absolute atomic E-state index is 0.0483. The van der Waals surface area contributed by atoms with Crippen LogP contribution in [0.2, 0.25) is 13.1 Å². The molecule has 12 heteroatoms. The van der Waals surface area contributed by atoms with Crippen molar-refractivity contribution < 1.29 is 26.3 Å². The second kappa shape index (κ2) is 7.92. The molecule has 0 radical (unpaired) electrons. The Morgan fingerprint density at radius 2 is 1.47 bits per heavy atom. The van der Waals surface area contributed by atoms with Gasteiger partial charge in [0, 0.05) is 16.1 Å². The third kappa shape index (κ3) is 3.94. The Morgan fingerprint density at radius 3 is 2.11 bits per heavy atom. The molecule has 0 aliphatic heterocycles. The second-order valence-electron chi connectivity index (χ2n) is 9.10. The van der Waals surface area contributed by atoms with Crippen LogP contribution in [0.4, 0.5) is 26.3 Å². The molecule has 0 aliphatic rings. The lowest BCUT2D eigenvalue weighted by molar-refractivity contribution is -0.144. The van der Waals surface area contributed by atoms with Crippen molar-refractivity contribution in [3.8, 4) is 5.82 Å². The van der Waals surface area contributed by atoms with Gasteiger partial charge >= 0.3 is 12.4 Å². The molecule has 0 aliphatic carbocycles. The Kier molecular flexibility index (Phi) is 5.29. The number of aromatic amines is 1. The zero-order valence-corrected chi connectivity index (χ0v) is 20.3. The number of nitrogens with zero attached hydrogens (tertiary/aromatic N) is 4. The maximum absolute atomic E-state index is 13.4. The molecule has 1 N–H and O–H groups in total. The summed E-state index contributed by atoms with van der Waals surface area (Å²) < 4.78 is 81.3. The van der Waals surface area contributed by atoms with E-state index >= 15 is 0 Å². The highest BCUT2D eigenvalue weighted by atomic mass is 28.3. The number of aryl methyl sites for hydroxylation is 1. The molecule has 36 heavy (non-hydrogen) atoms. The number of pyridine rings is 1. The van der Waals surface area contributed by atoms with Crippen LogP contribution >= 0.6 is 0 Å². The minimum atomic E-state index is -4.65. The zero-order chi connectivity index (χ0) is 26.0. The van der Waals surface area contributed by atoms with E-state index in [1.54, 1.807) is 35.9 Å². The van der Waals surface area contributed by atoms with Crippen molar-refractivity contribution in [3.05, 3.63) is 71.5 Å². The first-order valence-corrected chi connectivity index (χ1v) is 13.9. The molecule has 0 unspecified atom stereocenters. The summed E-state index contributed by atoms with van der Waals surface area (Å²) in [5, 5.41) is 7.37.